The van der Waals surface area contributed by atoms with E-state index in [1.807, 2.05) is 0 Å². The highest BCUT2D eigenvalue weighted by molar-refractivity contribution is 6.05. The first-order valence-electron chi connectivity index (χ1n) is 7.35. The lowest BCUT2D eigenvalue weighted by molar-refractivity contribution is -0.00764. The van der Waals surface area contributed by atoms with Crippen LogP contribution in [0.1, 0.15) is 0 Å². The van der Waals surface area contributed by atoms with Crippen LogP contribution in [0, 0.1) is 0 Å². The topological polar surface area (TPSA) is 122 Å². The largest absolute Gasteiger partial charge is 0.499 e. The van der Waals surface area contributed by atoms with Crippen molar-refractivity contribution in [3.63, 3.8) is 0 Å². The van der Waals surface area contributed by atoms with E-state index >= 15 is 0 Å². The average molecular weight is 345 g/mol. The van der Waals surface area contributed by atoms with Gasteiger partial charge in [-0.15, -0.1) is 0 Å². The van der Waals surface area contributed by atoms with Crippen LogP contribution in [-0.2, 0) is 18.9 Å². The summed E-state index contributed by atoms with van der Waals surface area (Å²) in [6.07, 6.45) is 6.57. The lowest BCUT2D eigenvalue weighted by Crippen LogP contribution is -2.43. The van der Waals surface area contributed by atoms with Gasteiger partial charge < -0.3 is 30.0 Å². The van der Waals surface area contributed by atoms with Gasteiger partial charge in [-0.3, -0.25) is 5.32 Å². The number of allylic oxidation sites excluding steroid dienone is 2. The summed E-state index contributed by atoms with van der Waals surface area (Å²) in [6, 6.07) is -0.757. The number of ether oxygens (including phenoxy) is 4. The Bertz CT molecular complexity index is 703. The van der Waals surface area contributed by atoms with Crippen LogP contribution in [0.5, 0.6) is 0 Å². The molecule has 132 valence electrons. The number of nitrogens with zero attached hydrogens (tertiary/aromatic N) is 4. The van der Waals surface area contributed by atoms with E-state index in [4.69, 9.17) is 30.0 Å². The Hall–Kier alpha value is -3.12. The number of rotatable bonds is 6. The van der Waals surface area contributed by atoms with Crippen molar-refractivity contribution < 1.29 is 28.5 Å². The van der Waals surface area contributed by atoms with Gasteiger partial charge in [0.1, 0.15) is 11.5 Å². The van der Waals surface area contributed by atoms with Crippen LogP contribution >= 0.6 is 0 Å². The van der Waals surface area contributed by atoms with Crippen LogP contribution in [0.4, 0.5) is 0 Å². The van der Waals surface area contributed by atoms with Crippen molar-refractivity contribution in [2.45, 2.75) is 12.1 Å². The molecule has 0 aromatic carbocycles. The maximum Gasteiger partial charge on any atom is 0.359 e. The molecule has 0 saturated carbocycles. The van der Waals surface area contributed by atoms with Crippen LogP contribution in [-0.4, -0.2) is 61.5 Å². The van der Waals surface area contributed by atoms with Gasteiger partial charge in [0.05, 0.1) is 52.7 Å². The van der Waals surface area contributed by atoms with Gasteiger partial charge in [-0.05, 0) is 12.2 Å². The van der Waals surface area contributed by atoms with Crippen molar-refractivity contribution in [3.05, 3.63) is 58.4 Å². The molecule has 2 atom stereocenters. The first kappa shape index (κ1) is 18.2. The Labute approximate surface area is 145 Å². The van der Waals surface area contributed by atoms with Crippen LogP contribution < -0.4 is 5.32 Å². The van der Waals surface area contributed by atoms with Crippen molar-refractivity contribution in [2.24, 2.45) is 0 Å². The second kappa shape index (κ2) is 8.12. The van der Waals surface area contributed by atoms with Gasteiger partial charge in [0.25, 0.3) is 0 Å². The van der Waals surface area contributed by atoms with E-state index in [0.717, 1.165) is 0 Å². The molecule has 0 aromatic rings. The second-order valence-corrected chi connectivity index (χ2v) is 5.06. The van der Waals surface area contributed by atoms with Gasteiger partial charge >= 0.3 is 11.4 Å². The standard InChI is InChI=1S/C16H19N5O4/c1-22-13-7-11(20-17)15(24-3)5-9(13)19-10-6-16(25-4)12(21-18)8-14(10)23-2/h5-10,19H,1-4H3. The van der Waals surface area contributed by atoms with E-state index in [1.54, 1.807) is 24.3 Å². The fraction of sp³-hybridized carbons (Fsp3) is 0.375. The molecule has 0 spiro atoms. The normalized spacial score (nSPS) is 22.6. The number of methoxy groups -OCH3 is 4. The fourth-order valence-electron chi connectivity index (χ4n) is 2.56. The Morgan fingerprint density at radius 1 is 0.760 bits per heavy atom. The highest BCUT2D eigenvalue weighted by atomic mass is 16.5. The molecule has 0 radical (unpaired) electrons. The molecular formula is C16H19N5O4. The Kier molecular flexibility index (Phi) is 5.92. The summed E-state index contributed by atoms with van der Waals surface area (Å²) in [5.74, 6) is 1.84. The van der Waals surface area contributed by atoms with Gasteiger partial charge in [-0.2, -0.15) is 9.58 Å². The summed E-state index contributed by atoms with van der Waals surface area (Å²) >= 11 is 0. The third-order valence-electron chi connectivity index (χ3n) is 3.80. The number of nitrogens with one attached hydrogen (secondary N) is 1. The molecule has 25 heavy (non-hydrogen) atoms. The average Bonchev–Trinajstić information content (AvgIpc) is 2.66. The maximum absolute atomic E-state index is 9.07. The quantitative estimate of drug-likeness (QED) is 0.564. The minimum atomic E-state index is -0.379. The summed E-state index contributed by atoms with van der Waals surface area (Å²) < 4.78 is 21.2. The van der Waals surface area contributed by atoms with E-state index in [0.29, 0.717) is 23.0 Å². The van der Waals surface area contributed by atoms with Crippen molar-refractivity contribution in [2.75, 3.05) is 28.4 Å². The molecule has 0 amide bonds. The minimum Gasteiger partial charge on any atom is -0.499 e. The summed E-state index contributed by atoms with van der Waals surface area (Å²) in [7, 11) is 5.99. The van der Waals surface area contributed by atoms with Crippen LogP contribution in [0.2, 0.25) is 0 Å². The summed E-state index contributed by atoms with van der Waals surface area (Å²) in [6.45, 7) is 0. The Balaban J connectivity index is 2.36. The number of hydrogen-bond donors (Lipinski definition) is 1. The van der Waals surface area contributed by atoms with Gasteiger partial charge in [0, 0.05) is 0 Å². The maximum atomic E-state index is 9.07. The highest BCUT2D eigenvalue weighted by Crippen LogP contribution is 2.22. The third kappa shape index (κ3) is 3.70. The molecule has 9 nitrogen and oxygen atoms in total. The monoisotopic (exact) mass is 345 g/mol. The molecule has 0 saturated heterocycles. The van der Waals surface area contributed by atoms with E-state index in [1.165, 1.54) is 28.4 Å². The Morgan fingerprint density at radius 2 is 1.16 bits per heavy atom. The second-order valence-electron chi connectivity index (χ2n) is 5.06. The molecule has 0 aromatic heterocycles. The molecule has 2 unspecified atom stereocenters. The molecule has 0 heterocycles. The molecule has 1 N–H and O–H groups in total. The first-order valence-corrected chi connectivity index (χ1v) is 7.35. The SMILES string of the molecule is COC1=CC(NC2C=C(OC)C(=[N+]=[N-])C=C2OC)C(OC)=CC1=[N+]=[N-]. The van der Waals surface area contributed by atoms with Crippen molar-refractivity contribution >= 4 is 11.4 Å². The van der Waals surface area contributed by atoms with Crippen molar-refractivity contribution in [3.8, 4) is 0 Å². The van der Waals surface area contributed by atoms with Crippen molar-refractivity contribution in [1.29, 1.82) is 0 Å². The zero-order chi connectivity index (χ0) is 18.4. The minimum absolute atomic E-state index is 0.256. The predicted octanol–water partition coefficient (Wildman–Crippen LogP) is 0.803. The number of hydrogen-bond acceptors (Lipinski definition) is 5. The van der Waals surface area contributed by atoms with Crippen LogP contribution in [0.15, 0.2) is 47.3 Å². The zero-order valence-electron chi connectivity index (χ0n) is 14.4. The van der Waals surface area contributed by atoms with E-state index in [-0.39, 0.29) is 23.5 Å². The van der Waals surface area contributed by atoms with Gasteiger partial charge in [0.2, 0.25) is 11.5 Å². The zero-order valence-corrected chi connectivity index (χ0v) is 14.4. The molecule has 2 aliphatic rings. The molecule has 2 rings (SSSR count). The smallest absolute Gasteiger partial charge is 0.359 e. The van der Waals surface area contributed by atoms with Gasteiger partial charge in [-0.1, -0.05) is 0 Å². The molecule has 9 heteroatoms. The fourth-order valence-corrected chi connectivity index (χ4v) is 2.56. The summed E-state index contributed by atoms with van der Waals surface area (Å²) in [4.78, 5) is 6.37. The van der Waals surface area contributed by atoms with Crippen LogP contribution in [0.3, 0.4) is 0 Å². The Morgan fingerprint density at radius 3 is 1.44 bits per heavy atom. The summed E-state index contributed by atoms with van der Waals surface area (Å²) in [5.41, 5.74) is 18.7. The first-order chi connectivity index (χ1) is 12.1. The lowest BCUT2D eigenvalue weighted by Gasteiger charge is -2.27. The van der Waals surface area contributed by atoms with E-state index in [2.05, 4.69) is 14.9 Å². The molecule has 0 bridgehead atoms. The van der Waals surface area contributed by atoms with Gasteiger partial charge in [0.15, 0.2) is 0 Å². The van der Waals surface area contributed by atoms with Crippen molar-refractivity contribution in [1.82, 2.24) is 5.32 Å². The molecule has 2 aliphatic carbocycles. The summed E-state index contributed by atoms with van der Waals surface area (Å²) in [5, 5.41) is 3.31. The van der Waals surface area contributed by atoms with E-state index in [9.17, 15) is 0 Å². The predicted molar refractivity (Wildman–Crippen MR) is 88.3 cm³/mol. The molecular weight excluding hydrogens is 326 g/mol. The van der Waals surface area contributed by atoms with Gasteiger partial charge in [-0.25, -0.2) is 0 Å². The highest BCUT2D eigenvalue weighted by Gasteiger charge is 2.33. The molecule has 0 aliphatic heterocycles. The van der Waals surface area contributed by atoms with Crippen LogP contribution in [0.25, 0.3) is 11.1 Å². The molecule has 0 fully saturated rings. The van der Waals surface area contributed by atoms with E-state index < -0.39 is 0 Å². The third-order valence-corrected chi connectivity index (χ3v) is 3.80. The lowest BCUT2D eigenvalue weighted by atomic mass is 10.0.